The van der Waals surface area contributed by atoms with E-state index in [1.165, 1.54) is 5.57 Å². The first kappa shape index (κ1) is 8.28. The van der Waals surface area contributed by atoms with Gasteiger partial charge in [-0.25, -0.2) is 0 Å². The molecule has 1 nitrogen and oxygen atoms in total. The van der Waals surface area contributed by atoms with Gasteiger partial charge in [-0.15, -0.1) is 0 Å². The van der Waals surface area contributed by atoms with E-state index >= 15 is 0 Å². The predicted octanol–water partition coefficient (Wildman–Crippen LogP) is 2.02. The van der Waals surface area contributed by atoms with E-state index in [9.17, 15) is 0 Å². The van der Waals surface area contributed by atoms with Gasteiger partial charge in [0.05, 0.1) is 0 Å². The summed E-state index contributed by atoms with van der Waals surface area (Å²) in [6.45, 7) is 5.76. The molecule has 0 saturated heterocycles. The summed E-state index contributed by atoms with van der Waals surface area (Å²) in [7, 11) is 0. The van der Waals surface area contributed by atoms with Crippen molar-refractivity contribution >= 4 is 0 Å². The summed E-state index contributed by atoms with van der Waals surface area (Å²) in [5.74, 6) is 0.573. The lowest BCUT2D eigenvalue weighted by Crippen LogP contribution is -2.02. The zero-order valence-corrected chi connectivity index (χ0v) is 6.96. The molecule has 0 aromatic carbocycles. The molecule has 0 spiro atoms. The summed E-state index contributed by atoms with van der Waals surface area (Å²) in [6.07, 6.45) is 9.15. The van der Waals surface area contributed by atoms with Crippen LogP contribution in [0.4, 0.5) is 0 Å². The Morgan fingerprint density at radius 2 is 2.27 bits per heavy atom. The van der Waals surface area contributed by atoms with Crippen LogP contribution < -0.4 is 5.73 Å². The van der Waals surface area contributed by atoms with E-state index in [1.54, 1.807) is 0 Å². The third kappa shape index (κ3) is 2.05. The van der Waals surface area contributed by atoms with Crippen molar-refractivity contribution in [3.63, 3.8) is 0 Å². The molecule has 0 amide bonds. The van der Waals surface area contributed by atoms with E-state index in [0.717, 1.165) is 6.42 Å². The van der Waals surface area contributed by atoms with Crippen molar-refractivity contribution in [3.05, 3.63) is 36.5 Å². The number of rotatable bonds is 3. The Morgan fingerprint density at radius 3 is 2.64 bits per heavy atom. The Kier molecular flexibility index (Phi) is 2.66. The van der Waals surface area contributed by atoms with Crippen LogP contribution in [0.15, 0.2) is 36.5 Å². The molecule has 1 saturated carbocycles. The fourth-order valence-corrected chi connectivity index (χ4v) is 1.15. The SMILES string of the molecule is C=C/C(=C\C=C/C)C1CC1N. The second-order valence-electron chi connectivity index (χ2n) is 2.90. The van der Waals surface area contributed by atoms with Crippen LogP contribution in [-0.2, 0) is 0 Å². The molecular weight excluding hydrogens is 134 g/mol. The zero-order chi connectivity index (χ0) is 8.27. The molecule has 60 valence electrons. The Hall–Kier alpha value is -0.820. The summed E-state index contributed by atoms with van der Waals surface area (Å²) in [6, 6.07) is 0.379. The van der Waals surface area contributed by atoms with Crippen molar-refractivity contribution in [2.24, 2.45) is 11.7 Å². The Morgan fingerprint density at radius 1 is 1.64 bits per heavy atom. The van der Waals surface area contributed by atoms with E-state index in [4.69, 9.17) is 5.73 Å². The van der Waals surface area contributed by atoms with Gasteiger partial charge in [-0.05, 0) is 18.9 Å². The van der Waals surface area contributed by atoms with Gasteiger partial charge in [0.25, 0.3) is 0 Å². The molecular formula is C10H15N. The van der Waals surface area contributed by atoms with Crippen molar-refractivity contribution < 1.29 is 0 Å². The van der Waals surface area contributed by atoms with Crippen molar-refractivity contribution in [2.75, 3.05) is 0 Å². The predicted molar refractivity (Wildman–Crippen MR) is 49.2 cm³/mol. The molecule has 1 rings (SSSR count). The van der Waals surface area contributed by atoms with Crippen LogP contribution >= 0.6 is 0 Å². The van der Waals surface area contributed by atoms with Gasteiger partial charge in [-0.2, -0.15) is 0 Å². The quantitative estimate of drug-likeness (QED) is 0.610. The normalized spacial score (nSPS) is 30.9. The molecule has 1 heteroatoms. The molecule has 0 radical (unpaired) electrons. The van der Waals surface area contributed by atoms with E-state index in [-0.39, 0.29) is 0 Å². The third-order valence-electron chi connectivity index (χ3n) is 1.98. The topological polar surface area (TPSA) is 26.0 Å². The molecule has 0 aliphatic heterocycles. The minimum Gasteiger partial charge on any atom is -0.327 e. The first-order valence-corrected chi connectivity index (χ1v) is 4.00. The Labute approximate surface area is 68.3 Å². The first-order valence-electron chi connectivity index (χ1n) is 4.00. The summed E-state index contributed by atoms with van der Waals surface area (Å²) in [4.78, 5) is 0. The Bertz CT molecular complexity index is 201. The highest BCUT2D eigenvalue weighted by atomic mass is 14.7. The van der Waals surface area contributed by atoms with Gasteiger partial charge in [0.1, 0.15) is 0 Å². The highest BCUT2D eigenvalue weighted by Crippen LogP contribution is 2.35. The van der Waals surface area contributed by atoms with Crippen molar-refractivity contribution in [2.45, 2.75) is 19.4 Å². The lowest BCUT2D eigenvalue weighted by atomic mass is 10.1. The number of nitrogens with two attached hydrogens (primary N) is 1. The molecule has 0 heterocycles. The van der Waals surface area contributed by atoms with Gasteiger partial charge >= 0.3 is 0 Å². The minimum absolute atomic E-state index is 0.379. The van der Waals surface area contributed by atoms with E-state index in [2.05, 4.69) is 12.7 Å². The lowest BCUT2D eigenvalue weighted by Gasteiger charge is -1.95. The van der Waals surface area contributed by atoms with Gasteiger partial charge in [0, 0.05) is 12.0 Å². The summed E-state index contributed by atoms with van der Waals surface area (Å²) in [5, 5.41) is 0. The molecule has 2 atom stereocenters. The van der Waals surface area contributed by atoms with Gasteiger partial charge in [-0.3, -0.25) is 0 Å². The molecule has 11 heavy (non-hydrogen) atoms. The summed E-state index contributed by atoms with van der Waals surface area (Å²) < 4.78 is 0. The van der Waals surface area contributed by atoms with Gasteiger partial charge in [-0.1, -0.05) is 30.9 Å². The third-order valence-corrected chi connectivity index (χ3v) is 1.98. The highest BCUT2D eigenvalue weighted by molar-refractivity contribution is 5.30. The van der Waals surface area contributed by atoms with Crippen molar-refractivity contribution in [1.82, 2.24) is 0 Å². The van der Waals surface area contributed by atoms with Crippen molar-refractivity contribution in [1.29, 1.82) is 0 Å². The smallest absolute Gasteiger partial charge is 0.0115 e. The fourth-order valence-electron chi connectivity index (χ4n) is 1.15. The number of allylic oxidation sites excluding steroid dienone is 4. The second kappa shape index (κ2) is 3.54. The maximum absolute atomic E-state index is 5.70. The average molecular weight is 149 g/mol. The number of hydrogen-bond acceptors (Lipinski definition) is 1. The van der Waals surface area contributed by atoms with Crippen LogP contribution in [0.25, 0.3) is 0 Å². The number of hydrogen-bond donors (Lipinski definition) is 1. The van der Waals surface area contributed by atoms with Gasteiger partial charge in [0.15, 0.2) is 0 Å². The standard InChI is InChI=1S/C10H15N/c1-3-5-6-8(4-2)9-7-10(9)11/h3-6,9-10H,2,7,11H2,1H3/b5-3-,8-6+. The monoisotopic (exact) mass is 149 g/mol. The van der Waals surface area contributed by atoms with E-state index in [0.29, 0.717) is 12.0 Å². The fraction of sp³-hybridized carbons (Fsp3) is 0.400. The van der Waals surface area contributed by atoms with Crippen LogP contribution in [-0.4, -0.2) is 6.04 Å². The van der Waals surface area contributed by atoms with Gasteiger partial charge < -0.3 is 5.73 Å². The largest absolute Gasteiger partial charge is 0.327 e. The maximum Gasteiger partial charge on any atom is 0.0115 e. The van der Waals surface area contributed by atoms with Gasteiger partial charge in [0.2, 0.25) is 0 Å². The first-order chi connectivity index (χ1) is 5.29. The molecule has 1 aliphatic carbocycles. The summed E-state index contributed by atoms with van der Waals surface area (Å²) >= 11 is 0. The zero-order valence-electron chi connectivity index (χ0n) is 6.96. The van der Waals surface area contributed by atoms with E-state index < -0.39 is 0 Å². The maximum atomic E-state index is 5.70. The summed E-state index contributed by atoms with van der Waals surface area (Å²) in [5.41, 5.74) is 6.98. The van der Waals surface area contributed by atoms with Crippen molar-refractivity contribution in [3.8, 4) is 0 Å². The average Bonchev–Trinajstić information content (AvgIpc) is 2.69. The van der Waals surface area contributed by atoms with Crippen LogP contribution in [0.5, 0.6) is 0 Å². The molecule has 0 bridgehead atoms. The van der Waals surface area contributed by atoms with E-state index in [1.807, 2.05) is 25.2 Å². The van der Waals surface area contributed by atoms with Crippen LogP contribution in [0.3, 0.4) is 0 Å². The molecule has 0 aromatic rings. The molecule has 0 aromatic heterocycles. The molecule has 1 fully saturated rings. The minimum atomic E-state index is 0.379. The molecule has 1 aliphatic rings. The van der Waals surface area contributed by atoms with Crippen LogP contribution in [0, 0.1) is 5.92 Å². The van der Waals surface area contributed by atoms with Crippen LogP contribution in [0.1, 0.15) is 13.3 Å². The lowest BCUT2D eigenvalue weighted by molar-refractivity contribution is 0.942. The Balaban J connectivity index is 2.56. The highest BCUT2D eigenvalue weighted by Gasteiger charge is 2.34. The van der Waals surface area contributed by atoms with Crippen LogP contribution in [0.2, 0.25) is 0 Å². The molecule has 2 unspecified atom stereocenters. The second-order valence-corrected chi connectivity index (χ2v) is 2.90. The molecule has 2 N–H and O–H groups in total.